The molecular weight excluding hydrogens is 309 g/mol. The lowest BCUT2D eigenvalue weighted by atomic mass is 9.76. The Hall–Kier alpha value is -1.72. The van der Waals surface area contributed by atoms with E-state index in [1.54, 1.807) is 19.2 Å². The van der Waals surface area contributed by atoms with Gasteiger partial charge in [-0.3, -0.25) is 9.69 Å². The van der Waals surface area contributed by atoms with Gasteiger partial charge in [0.15, 0.2) is 0 Å². The second-order valence-corrected chi connectivity index (χ2v) is 6.47. The summed E-state index contributed by atoms with van der Waals surface area (Å²) in [6.45, 7) is 2.78. The summed E-state index contributed by atoms with van der Waals surface area (Å²) in [5.41, 5.74) is 0.276. The molecule has 2 rings (SSSR count). The Morgan fingerprint density at radius 2 is 2.17 bits per heavy atom. The molecule has 0 aromatic heterocycles. The van der Waals surface area contributed by atoms with Crippen LogP contribution in [0.3, 0.4) is 0 Å². The molecule has 1 aliphatic heterocycles. The number of halogens is 1. The summed E-state index contributed by atoms with van der Waals surface area (Å²) in [5, 5.41) is 9.71. The fourth-order valence-corrected chi connectivity index (χ4v) is 3.34. The van der Waals surface area contributed by atoms with Crippen LogP contribution >= 0.6 is 0 Å². The molecule has 4 nitrogen and oxygen atoms in total. The first-order valence-electron chi connectivity index (χ1n) is 8.42. The molecule has 1 heterocycles. The second kappa shape index (κ2) is 8.94. The average molecular weight is 335 g/mol. The van der Waals surface area contributed by atoms with Crippen LogP contribution in [0.25, 0.3) is 6.08 Å². The van der Waals surface area contributed by atoms with E-state index < -0.39 is 11.4 Å². The van der Waals surface area contributed by atoms with Gasteiger partial charge in [0, 0.05) is 26.8 Å². The number of hydrogen-bond acceptors (Lipinski definition) is 3. The lowest BCUT2D eigenvalue weighted by Crippen LogP contribution is -2.48. The first kappa shape index (κ1) is 18.6. The molecule has 24 heavy (non-hydrogen) atoms. The third-order valence-electron chi connectivity index (χ3n) is 4.66. The van der Waals surface area contributed by atoms with Gasteiger partial charge in [-0.2, -0.15) is 0 Å². The number of carboxylic acids is 1. The second-order valence-electron chi connectivity index (χ2n) is 6.47. The van der Waals surface area contributed by atoms with E-state index in [2.05, 4.69) is 4.90 Å². The predicted octanol–water partition coefficient (Wildman–Crippen LogP) is 3.43. The van der Waals surface area contributed by atoms with Crippen molar-refractivity contribution < 1.29 is 19.0 Å². The number of likely N-dealkylation sites (tertiary alicyclic amines) is 1. The van der Waals surface area contributed by atoms with Crippen LogP contribution in [0.5, 0.6) is 0 Å². The van der Waals surface area contributed by atoms with Crippen molar-refractivity contribution >= 4 is 12.0 Å². The van der Waals surface area contributed by atoms with E-state index in [4.69, 9.17) is 4.74 Å². The summed E-state index contributed by atoms with van der Waals surface area (Å²) < 4.78 is 18.0. The van der Waals surface area contributed by atoms with Crippen molar-refractivity contribution in [2.45, 2.75) is 25.7 Å². The number of benzene rings is 1. The molecule has 0 saturated carbocycles. The van der Waals surface area contributed by atoms with Crippen molar-refractivity contribution in [2.24, 2.45) is 5.41 Å². The summed E-state index contributed by atoms with van der Waals surface area (Å²) in [6, 6.07) is 6.33. The number of piperidine rings is 1. The maximum atomic E-state index is 12.9. The van der Waals surface area contributed by atoms with Crippen LogP contribution in [0.15, 0.2) is 30.3 Å². The van der Waals surface area contributed by atoms with E-state index in [0.29, 0.717) is 26.1 Å². The fraction of sp³-hybridized carbons (Fsp3) is 0.526. The van der Waals surface area contributed by atoms with Crippen molar-refractivity contribution in [3.05, 3.63) is 41.7 Å². The van der Waals surface area contributed by atoms with E-state index in [1.807, 2.05) is 12.2 Å². The fourth-order valence-electron chi connectivity index (χ4n) is 3.34. The van der Waals surface area contributed by atoms with Gasteiger partial charge in [0.2, 0.25) is 0 Å². The van der Waals surface area contributed by atoms with Crippen molar-refractivity contribution in [1.82, 2.24) is 4.90 Å². The van der Waals surface area contributed by atoms with E-state index in [0.717, 1.165) is 31.4 Å². The molecule has 1 atom stereocenters. The van der Waals surface area contributed by atoms with Crippen LogP contribution < -0.4 is 0 Å². The number of methoxy groups -OCH3 is 1. The third kappa shape index (κ3) is 5.14. The van der Waals surface area contributed by atoms with Crippen LogP contribution in [0, 0.1) is 11.2 Å². The molecule has 1 saturated heterocycles. The molecule has 0 spiro atoms. The van der Waals surface area contributed by atoms with Gasteiger partial charge in [-0.15, -0.1) is 0 Å². The van der Waals surface area contributed by atoms with E-state index >= 15 is 0 Å². The normalized spacial score (nSPS) is 22.1. The Morgan fingerprint density at radius 3 is 2.83 bits per heavy atom. The Bertz CT molecular complexity index is 558. The Kier molecular flexibility index (Phi) is 6.94. The number of ether oxygens (including phenoxy) is 1. The van der Waals surface area contributed by atoms with Crippen LogP contribution in [-0.4, -0.2) is 49.3 Å². The van der Waals surface area contributed by atoms with E-state index in [1.165, 1.54) is 12.1 Å². The van der Waals surface area contributed by atoms with Crippen LogP contribution in [0.1, 0.15) is 31.2 Å². The Labute approximate surface area is 142 Å². The molecule has 0 amide bonds. The first-order valence-corrected chi connectivity index (χ1v) is 8.42. The summed E-state index contributed by atoms with van der Waals surface area (Å²) in [7, 11) is 1.64. The minimum atomic E-state index is -0.703. The van der Waals surface area contributed by atoms with Gasteiger partial charge in [0.1, 0.15) is 5.82 Å². The molecule has 1 fully saturated rings. The molecule has 1 N–H and O–H groups in total. The number of rotatable bonds is 8. The van der Waals surface area contributed by atoms with E-state index in [-0.39, 0.29) is 5.82 Å². The zero-order chi connectivity index (χ0) is 17.4. The smallest absolute Gasteiger partial charge is 0.310 e. The molecule has 1 aromatic rings. The zero-order valence-corrected chi connectivity index (χ0v) is 14.2. The van der Waals surface area contributed by atoms with Crippen LogP contribution in [0.2, 0.25) is 0 Å². The predicted molar refractivity (Wildman–Crippen MR) is 92.3 cm³/mol. The van der Waals surface area contributed by atoms with Crippen molar-refractivity contribution in [3.63, 3.8) is 0 Å². The number of carboxylic acid groups (broad SMARTS) is 1. The largest absolute Gasteiger partial charge is 0.481 e. The van der Waals surface area contributed by atoms with Gasteiger partial charge >= 0.3 is 5.97 Å². The molecule has 0 unspecified atom stereocenters. The van der Waals surface area contributed by atoms with Gasteiger partial charge in [-0.05, 0) is 49.9 Å². The van der Waals surface area contributed by atoms with Crippen LogP contribution in [0.4, 0.5) is 4.39 Å². The maximum absolute atomic E-state index is 12.9. The minimum Gasteiger partial charge on any atom is -0.481 e. The highest BCUT2D eigenvalue weighted by atomic mass is 19.1. The third-order valence-corrected chi connectivity index (χ3v) is 4.66. The Morgan fingerprint density at radius 1 is 1.42 bits per heavy atom. The van der Waals surface area contributed by atoms with Crippen LogP contribution in [-0.2, 0) is 9.53 Å². The lowest BCUT2D eigenvalue weighted by Gasteiger charge is -2.39. The Balaban J connectivity index is 1.93. The van der Waals surface area contributed by atoms with Gasteiger partial charge < -0.3 is 9.84 Å². The van der Waals surface area contributed by atoms with E-state index in [9.17, 15) is 14.3 Å². The number of aliphatic carboxylic acids is 1. The molecule has 132 valence electrons. The number of nitrogens with zero attached hydrogens (tertiary/aromatic N) is 1. The molecular formula is C19H26FNO3. The zero-order valence-electron chi connectivity index (χ0n) is 14.2. The standard InChI is InChI=1S/C19H26FNO3/c1-24-14-4-11-19(18(22)23)10-3-13-21(15-19)12-2-5-16-6-8-17(20)9-7-16/h2,5-9H,3-4,10-15H2,1H3,(H,22,23)/b5-2+/t19-/m1/s1. The highest BCUT2D eigenvalue weighted by molar-refractivity contribution is 5.75. The summed E-state index contributed by atoms with van der Waals surface area (Å²) in [6.07, 6.45) is 6.99. The van der Waals surface area contributed by atoms with Gasteiger partial charge in [0.05, 0.1) is 5.41 Å². The molecule has 5 heteroatoms. The average Bonchev–Trinajstić information content (AvgIpc) is 2.57. The minimum absolute atomic E-state index is 0.245. The van der Waals surface area contributed by atoms with Gasteiger partial charge in [-0.25, -0.2) is 4.39 Å². The lowest BCUT2D eigenvalue weighted by molar-refractivity contribution is -0.153. The highest BCUT2D eigenvalue weighted by Crippen LogP contribution is 2.35. The van der Waals surface area contributed by atoms with Gasteiger partial charge in [0.25, 0.3) is 0 Å². The molecule has 0 bridgehead atoms. The van der Waals surface area contributed by atoms with Crippen molar-refractivity contribution in [2.75, 3.05) is 33.4 Å². The monoisotopic (exact) mass is 335 g/mol. The maximum Gasteiger partial charge on any atom is 0.310 e. The summed E-state index contributed by atoms with van der Waals surface area (Å²) >= 11 is 0. The summed E-state index contributed by atoms with van der Waals surface area (Å²) in [4.78, 5) is 14.0. The molecule has 0 radical (unpaired) electrons. The molecule has 1 aliphatic rings. The number of hydrogen-bond donors (Lipinski definition) is 1. The van der Waals surface area contributed by atoms with Crippen molar-refractivity contribution in [3.8, 4) is 0 Å². The van der Waals surface area contributed by atoms with Gasteiger partial charge in [-0.1, -0.05) is 24.3 Å². The number of carbonyl (C=O) groups is 1. The molecule has 1 aromatic carbocycles. The molecule has 0 aliphatic carbocycles. The topological polar surface area (TPSA) is 49.8 Å². The first-order chi connectivity index (χ1) is 11.6. The SMILES string of the molecule is COCCC[C@]1(C(=O)O)CCCN(C/C=C/c2ccc(F)cc2)C1. The summed E-state index contributed by atoms with van der Waals surface area (Å²) in [5.74, 6) is -0.948. The quantitative estimate of drug-likeness (QED) is 0.740. The highest BCUT2D eigenvalue weighted by Gasteiger charge is 2.41. The van der Waals surface area contributed by atoms with Crippen molar-refractivity contribution in [1.29, 1.82) is 0 Å².